The minimum Gasteiger partial charge on any atom is -0.469 e. The number of hydrogen-bond donors (Lipinski definition) is 0. The van der Waals surface area contributed by atoms with Gasteiger partial charge in [0.1, 0.15) is 0 Å². The summed E-state index contributed by atoms with van der Waals surface area (Å²) >= 11 is 0. The van der Waals surface area contributed by atoms with Gasteiger partial charge in [-0.25, -0.2) is 0 Å². The van der Waals surface area contributed by atoms with E-state index in [2.05, 4.69) is 10.7 Å². The number of hydrogen-bond acceptors (Lipinski definition) is 4. The standard InChI is InChI=1S/C12H11NO4/c1-3-6-10(12(14)17-2)9-7-4-5-8-11(9)13(15)16/h1,4-5,7-8,10H,6H2,2H3. The number of nitrogens with zero attached hydrogens (tertiary/aromatic N) is 1. The fourth-order valence-electron chi connectivity index (χ4n) is 1.53. The number of benzene rings is 1. The molecule has 1 aromatic carbocycles. The van der Waals surface area contributed by atoms with E-state index in [9.17, 15) is 14.9 Å². The van der Waals surface area contributed by atoms with E-state index in [1.54, 1.807) is 6.07 Å². The minimum atomic E-state index is -0.799. The predicted octanol–water partition coefficient (Wildman–Crippen LogP) is 1.87. The van der Waals surface area contributed by atoms with Crippen LogP contribution >= 0.6 is 0 Å². The molecule has 0 radical (unpaired) electrons. The summed E-state index contributed by atoms with van der Waals surface area (Å²) in [5.74, 6) is 0.953. The fourth-order valence-corrected chi connectivity index (χ4v) is 1.53. The second-order valence-corrected chi connectivity index (χ2v) is 3.30. The predicted molar refractivity (Wildman–Crippen MR) is 61.3 cm³/mol. The third-order valence-corrected chi connectivity index (χ3v) is 2.32. The SMILES string of the molecule is C#CCC(C(=O)OC)c1ccccc1[N+](=O)[O-]. The zero-order valence-corrected chi connectivity index (χ0v) is 9.25. The molecule has 0 spiro atoms. The van der Waals surface area contributed by atoms with E-state index in [1.165, 1.54) is 25.3 Å². The normalized spacial score (nSPS) is 11.3. The lowest BCUT2D eigenvalue weighted by Crippen LogP contribution is -2.15. The van der Waals surface area contributed by atoms with E-state index in [0.29, 0.717) is 0 Å². The Balaban J connectivity index is 3.23. The summed E-state index contributed by atoms with van der Waals surface area (Å²) in [5, 5.41) is 10.8. The van der Waals surface area contributed by atoms with Crippen molar-refractivity contribution in [1.29, 1.82) is 0 Å². The van der Waals surface area contributed by atoms with Crippen molar-refractivity contribution in [2.75, 3.05) is 7.11 Å². The molecule has 0 saturated heterocycles. The van der Waals surface area contributed by atoms with Crippen molar-refractivity contribution in [3.8, 4) is 12.3 Å². The van der Waals surface area contributed by atoms with Gasteiger partial charge in [-0.1, -0.05) is 18.2 Å². The third-order valence-electron chi connectivity index (χ3n) is 2.32. The molecular formula is C12H11NO4. The van der Waals surface area contributed by atoms with Crippen LogP contribution in [0.25, 0.3) is 0 Å². The van der Waals surface area contributed by atoms with Crippen molar-refractivity contribution in [3.05, 3.63) is 39.9 Å². The Morgan fingerprint density at radius 2 is 2.24 bits per heavy atom. The van der Waals surface area contributed by atoms with E-state index in [1.807, 2.05) is 0 Å². The molecule has 5 nitrogen and oxygen atoms in total. The lowest BCUT2D eigenvalue weighted by atomic mass is 9.94. The number of nitro benzene ring substituents is 1. The Hall–Kier alpha value is -2.35. The maximum Gasteiger partial charge on any atom is 0.314 e. The Labute approximate surface area is 98.5 Å². The van der Waals surface area contributed by atoms with Crippen molar-refractivity contribution in [3.63, 3.8) is 0 Å². The molecule has 1 rings (SSSR count). The Kier molecular flexibility index (Phi) is 4.23. The largest absolute Gasteiger partial charge is 0.469 e. The van der Waals surface area contributed by atoms with E-state index in [0.717, 1.165) is 0 Å². The first-order chi connectivity index (χ1) is 8.11. The van der Waals surface area contributed by atoms with Crippen molar-refractivity contribution < 1.29 is 14.5 Å². The molecule has 0 bridgehead atoms. The van der Waals surface area contributed by atoms with Crippen LogP contribution in [0.15, 0.2) is 24.3 Å². The Morgan fingerprint density at radius 3 is 2.76 bits per heavy atom. The molecule has 0 amide bonds. The molecule has 1 atom stereocenters. The number of terminal acetylenes is 1. The van der Waals surface area contributed by atoms with Crippen LogP contribution in [0.1, 0.15) is 17.9 Å². The van der Waals surface area contributed by atoms with Gasteiger partial charge in [-0.05, 0) is 0 Å². The van der Waals surface area contributed by atoms with Crippen LogP contribution in [0.3, 0.4) is 0 Å². The van der Waals surface area contributed by atoms with Crippen LogP contribution in [0.4, 0.5) is 5.69 Å². The molecule has 1 unspecified atom stereocenters. The molecule has 0 aromatic heterocycles. The maximum atomic E-state index is 11.5. The molecule has 5 heteroatoms. The van der Waals surface area contributed by atoms with Crippen LogP contribution in [0.5, 0.6) is 0 Å². The number of carbonyl (C=O) groups is 1. The van der Waals surface area contributed by atoms with Gasteiger partial charge in [0.05, 0.1) is 18.0 Å². The highest BCUT2D eigenvalue weighted by Gasteiger charge is 2.27. The molecule has 0 aliphatic carbocycles. The van der Waals surface area contributed by atoms with Gasteiger partial charge in [0.2, 0.25) is 0 Å². The zero-order chi connectivity index (χ0) is 12.8. The van der Waals surface area contributed by atoms with E-state index >= 15 is 0 Å². The van der Waals surface area contributed by atoms with Gasteiger partial charge >= 0.3 is 5.97 Å². The van der Waals surface area contributed by atoms with Crippen molar-refractivity contribution >= 4 is 11.7 Å². The number of ether oxygens (including phenoxy) is 1. The van der Waals surface area contributed by atoms with Gasteiger partial charge in [0.25, 0.3) is 5.69 Å². The van der Waals surface area contributed by atoms with Crippen molar-refractivity contribution in [2.45, 2.75) is 12.3 Å². The average Bonchev–Trinajstić information content (AvgIpc) is 2.35. The highest BCUT2D eigenvalue weighted by molar-refractivity contribution is 5.80. The molecule has 1 aromatic rings. The highest BCUT2D eigenvalue weighted by Crippen LogP contribution is 2.29. The van der Waals surface area contributed by atoms with Crippen LogP contribution in [-0.4, -0.2) is 18.0 Å². The van der Waals surface area contributed by atoms with Crippen molar-refractivity contribution in [2.24, 2.45) is 0 Å². The summed E-state index contributed by atoms with van der Waals surface area (Å²) in [7, 11) is 1.22. The number of rotatable bonds is 4. The molecule has 0 saturated carbocycles. The molecule has 88 valence electrons. The molecule has 0 aliphatic rings. The highest BCUT2D eigenvalue weighted by atomic mass is 16.6. The maximum absolute atomic E-state index is 11.5. The van der Waals surface area contributed by atoms with Gasteiger partial charge < -0.3 is 4.74 Å². The first-order valence-corrected chi connectivity index (χ1v) is 4.86. The topological polar surface area (TPSA) is 69.4 Å². The number of nitro groups is 1. The van der Waals surface area contributed by atoms with Gasteiger partial charge in [0, 0.05) is 18.1 Å². The summed E-state index contributed by atoms with van der Waals surface area (Å²) in [6.07, 6.45) is 5.22. The van der Waals surface area contributed by atoms with Gasteiger partial charge in [-0.3, -0.25) is 14.9 Å². The summed E-state index contributed by atoms with van der Waals surface area (Å²) in [6, 6.07) is 6.00. The molecule has 0 N–H and O–H groups in total. The molecule has 0 heterocycles. The van der Waals surface area contributed by atoms with Crippen LogP contribution in [-0.2, 0) is 9.53 Å². The third kappa shape index (κ3) is 2.82. The smallest absolute Gasteiger partial charge is 0.314 e. The second kappa shape index (κ2) is 5.66. The van der Waals surface area contributed by atoms with Crippen molar-refractivity contribution in [1.82, 2.24) is 0 Å². The van der Waals surface area contributed by atoms with Crippen LogP contribution < -0.4 is 0 Å². The monoisotopic (exact) mass is 233 g/mol. The summed E-state index contributed by atoms with van der Waals surface area (Å²) in [6.45, 7) is 0. The lowest BCUT2D eigenvalue weighted by molar-refractivity contribution is -0.385. The zero-order valence-electron chi connectivity index (χ0n) is 9.25. The fraction of sp³-hybridized carbons (Fsp3) is 0.250. The molecule has 0 fully saturated rings. The minimum absolute atomic E-state index is 0.0670. The summed E-state index contributed by atoms with van der Waals surface area (Å²) in [4.78, 5) is 21.8. The lowest BCUT2D eigenvalue weighted by Gasteiger charge is -2.12. The first-order valence-electron chi connectivity index (χ1n) is 4.86. The van der Waals surface area contributed by atoms with Gasteiger partial charge in [-0.15, -0.1) is 12.3 Å². The van der Waals surface area contributed by atoms with Crippen LogP contribution in [0, 0.1) is 22.5 Å². The Morgan fingerprint density at radius 1 is 1.59 bits per heavy atom. The second-order valence-electron chi connectivity index (χ2n) is 3.30. The summed E-state index contributed by atoms with van der Waals surface area (Å²) in [5.41, 5.74) is 0.153. The van der Waals surface area contributed by atoms with E-state index in [4.69, 9.17) is 6.42 Å². The van der Waals surface area contributed by atoms with E-state index < -0.39 is 16.8 Å². The molecular weight excluding hydrogens is 222 g/mol. The molecule has 0 aliphatic heterocycles. The summed E-state index contributed by atoms with van der Waals surface area (Å²) < 4.78 is 4.60. The van der Waals surface area contributed by atoms with Gasteiger partial charge in [-0.2, -0.15) is 0 Å². The number of methoxy groups -OCH3 is 1. The quantitative estimate of drug-likeness (QED) is 0.344. The van der Waals surface area contributed by atoms with E-state index in [-0.39, 0.29) is 17.7 Å². The first kappa shape index (κ1) is 12.7. The van der Waals surface area contributed by atoms with Gasteiger partial charge in [0.15, 0.2) is 0 Å². The average molecular weight is 233 g/mol. The Bertz CT molecular complexity index is 476. The number of para-hydroxylation sites is 1. The number of carbonyl (C=O) groups excluding carboxylic acids is 1. The number of esters is 1. The van der Waals surface area contributed by atoms with Crippen LogP contribution in [0.2, 0.25) is 0 Å². The molecule has 17 heavy (non-hydrogen) atoms.